The molecule has 0 radical (unpaired) electrons. The van der Waals surface area contributed by atoms with Crippen molar-refractivity contribution in [2.45, 2.75) is 32.4 Å². The van der Waals surface area contributed by atoms with Gasteiger partial charge in [0.25, 0.3) is 0 Å². The van der Waals surface area contributed by atoms with Crippen LogP contribution < -0.4 is 10.6 Å². The molecule has 23 heavy (non-hydrogen) atoms. The summed E-state index contributed by atoms with van der Waals surface area (Å²) in [7, 11) is 0. The summed E-state index contributed by atoms with van der Waals surface area (Å²) in [5, 5.41) is 6.37. The van der Waals surface area contributed by atoms with Crippen LogP contribution in [-0.2, 0) is 17.9 Å². The minimum Gasteiger partial charge on any atom is -0.352 e. The molecular weight excluding hydrogens is 288 g/mol. The zero-order valence-corrected chi connectivity index (χ0v) is 13.4. The standard InChI is InChI=1S/C18H24N4O/c23-18(5-4-15-6-7-19-11-15)21-12-16-2-1-3-17(10-16)13-22-9-8-20-14-22/h1-3,8-10,14-15,19H,4-7,11-13H2,(H,21,23). The molecule has 1 atom stereocenters. The Bertz CT molecular complexity index is 618. The van der Waals surface area contributed by atoms with Gasteiger partial charge in [0.05, 0.1) is 6.33 Å². The summed E-state index contributed by atoms with van der Waals surface area (Å²) in [5.74, 6) is 0.816. The first-order valence-electron chi connectivity index (χ1n) is 8.30. The Morgan fingerprint density at radius 2 is 2.30 bits per heavy atom. The van der Waals surface area contributed by atoms with Gasteiger partial charge in [-0.2, -0.15) is 0 Å². The number of carbonyl (C=O) groups excluding carboxylic acids is 1. The van der Waals surface area contributed by atoms with E-state index in [1.165, 1.54) is 12.0 Å². The zero-order valence-electron chi connectivity index (χ0n) is 13.4. The number of nitrogens with zero attached hydrogens (tertiary/aromatic N) is 2. The molecule has 0 saturated carbocycles. The topological polar surface area (TPSA) is 59.0 Å². The van der Waals surface area contributed by atoms with E-state index < -0.39 is 0 Å². The second-order valence-electron chi connectivity index (χ2n) is 6.23. The third-order valence-corrected chi connectivity index (χ3v) is 4.35. The summed E-state index contributed by atoms with van der Waals surface area (Å²) in [6.45, 7) is 3.55. The summed E-state index contributed by atoms with van der Waals surface area (Å²) in [4.78, 5) is 16.0. The highest BCUT2D eigenvalue weighted by Crippen LogP contribution is 2.14. The SMILES string of the molecule is O=C(CCC1CCNC1)NCc1cccc(Cn2ccnc2)c1. The number of imidazole rings is 1. The van der Waals surface area contributed by atoms with Gasteiger partial charge in [-0.25, -0.2) is 4.98 Å². The quantitative estimate of drug-likeness (QED) is 0.821. The van der Waals surface area contributed by atoms with Crippen LogP contribution in [0.1, 0.15) is 30.4 Å². The number of rotatable bonds is 7. The Kier molecular flexibility index (Phi) is 5.42. The summed E-state index contributed by atoms with van der Waals surface area (Å²) in [6.07, 6.45) is 8.35. The third-order valence-electron chi connectivity index (χ3n) is 4.35. The Balaban J connectivity index is 1.44. The molecule has 1 aliphatic heterocycles. The summed E-state index contributed by atoms with van der Waals surface area (Å²) >= 11 is 0. The van der Waals surface area contributed by atoms with Gasteiger partial charge >= 0.3 is 0 Å². The minimum absolute atomic E-state index is 0.150. The smallest absolute Gasteiger partial charge is 0.220 e. The van der Waals surface area contributed by atoms with Gasteiger partial charge < -0.3 is 15.2 Å². The molecule has 5 nitrogen and oxygen atoms in total. The Hall–Kier alpha value is -2.14. The van der Waals surface area contributed by atoms with Crippen LogP contribution in [-0.4, -0.2) is 28.5 Å². The Labute approximate surface area is 137 Å². The van der Waals surface area contributed by atoms with Gasteiger partial charge in [-0.1, -0.05) is 24.3 Å². The van der Waals surface area contributed by atoms with E-state index >= 15 is 0 Å². The molecule has 1 unspecified atom stereocenters. The largest absolute Gasteiger partial charge is 0.352 e. The van der Waals surface area contributed by atoms with Crippen LogP contribution >= 0.6 is 0 Å². The van der Waals surface area contributed by atoms with E-state index in [0.717, 1.165) is 31.6 Å². The van der Waals surface area contributed by atoms with Crippen molar-refractivity contribution >= 4 is 5.91 Å². The van der Waals surface area contributed by atoms with Gasteiger partial charge in [-0.05, 0) is 43.0 Å². The van der Waals surface area contributed by atoms with E-state index in [4.69, 9.17) is 0 Å². The van der Waals surface area contributed by atoms with Crippen molar-refractivity contribution < 1.29 is 4.79 Å². The van der Waals surface area contributed by atoms with Crippen molar-refractivity contribution in [1.82, 2.24) is 20.2 Å². The van der Waals surface area contributed by atoms with Crippen molar-refractivity contribution in [2.75, 3.05) is 13.1 Å². The maximum atomic E-state index is 12.0. The molecule has 5 heteroatoms. The fraction of sp³-hybridized carbons (Fsp3) is 0.444. The highest BCUT2D eigenvalue weighted by Gasteiger charge is 2.15. The lowest BCUT2D eigenvalue weighted by molar-refractivity contribution is -0.121. The lowest BCUT2D eigenvalue weighted by Crippen LogP contribution is -2.23. The molecule has 2 N–H and O–H groups in total. The van der Waals surface area contributed by atoms with Crippen LogP contribution in [0.25, 0.3) is 0 Å². The van der Waals surface area contributed by atoms with Gasteiger partial charge in [-0.3, -0.25) is 4.79 Å². The highest BCUT2D eigenvalue weighted by molar-refractivity contribution is 5.75. The number of nitrogens with one attached hydrogen (secondary N) is 2. The summed E-state index contributed by atoms with van der Waals surface area (Å²) < 4.78 is 2.04. The molecule has 2 heterocycles. The number of carbonyl (C=O) groups is 1. The van der Waals surface area contributed by atoms with Gasteiger partial charge in [0.15, 0.2) is 0 Å². The number of hydrogen-bond donors (Lipinski definition) is 2. The van der Waals surface area contributed by atoms with Crippen molar-refractivity contribution in [3.8, 4) is 0 Å². The number of amides is 1. The van der Waals surface area contributed by atoms with Crippen LogP contribution in [0.2, 0.25) is 0 Å². The normalized spacial score (nSPS) is 17.3. The van der Waals surface area contributed by atoms with Crippen LogP contribution in [0, 0.1) is 5.92 Å². The average molecular weight is 312 g/mol. The molecule has 1 saturated heterocycles. The van der Waals surface area contributed by atoms with Crippen molar-refractivity contribution in [3.63, 3.8) is 0 Å². The Morgan fingerprint density at radius 3 is 3.09 bits per heavy atom. The molecule has 1 aromatic heterocycles. The second-order valence-corrected chi connectivity index (χ2v) is 6.23. The molecule has 0 aliphatic carbocycles. The third kappa shape index (κ3) is 4.93. The lowest BCUT2D eigenvalue weighted by Gasteiger charge is -2.10. The predicted molar refractivity (Wildman–Crippen MR) is 89.8 cm³/mol. The molecule has 1 aliphatic rings. The van der Waals surface area contributed by atoms with Crippen LogP contribution in [0.3, 0.4) is 0 Å². The molecule has 1 amide bonds. The first-order valence-corrected chi connectivity index (χ1v) is 8.30. The molecule has 1 aromatic carbocycles. The molecule has 122 valence electrons. The van der Waals surface area contributed by atoms with Crippen molar-refractivity contribution in [2.24, 2.45) is 5.92 Å². The molecule has 0 spiro atoms. The van der Waals surface area contributed by atoms with Crippen LogP contribution in [0.5, 0.6) is 0 Å². The van der Waals surface area contributed by atoms with E-state index in [0.29, 0.717) is 18.9 Å². The second kappa shape index (κ2) is 7.92. The first-order chi connectivity index (χ1) is 11.3. The maximum Gasteiger partial charge on any atom is 0.220 e. The Morgan fingerprint density at radius 1 is 1.39 bits per heavy atom. The molecule has 0 bridgehead atoms. The van der Waals surface area contributed by atoms with Gasteiger partial charge in [0, 0.05) is 31.9 Å². The number of aromatic nitrogens is 2. The van der Waals surface area contributed by atoms with Gasteiger partial charge in [0.1, 0.15) is 0 Å². The van der Waals surface area contributed by atoms with Crippen molar-refractivity contribution in [3.05, 3.63) is 54.1 Å². The molecule has 3 rings (SSSR count). The minimum atomic E-state index is 0.150. The van der Waals surface area contributed by atoms with E-state index in [2.05, 4.69) is 33.8 Å². The van der Waals surface area contributed by atoms with Gasteiger partial charge in [0.2, 0.25) is 5.91 Å². The van der Waals surface area contributed by atoms with E-state index in [1.54, 1.807) is 6.20 Å². The van der Waals surface area contributed by atoms with E-state index in [9.17, 15) is 4.79 Å². The first kappa shape index (κ1) is 15.7. The van der Waals surface area contributed by atoms with Crippen LogP contribution in [0.4, 0.5) is 0 Å². The monoisotopic (exact) mass is 312 g/mol. The van der Waals surface area contributed by atoms with Crippen LogP contribution in [0.15, 0.2) is 43.0 Å². The zero-order chi connectivity index (χ0) is 15.9. The van der Waals surface area contributed by atoms with E-state index in [1.807, 2.05) is 23.2 Å². The number of benzene rings is 1. The molecule has 2 aromatic rings. The highest BCUT2D eigenvalue weighted by atomic mass is 16.1. The van der Waals surface area contributed by atoms with E-state index in [-0.39, 0.29) is 5.91 Å². The predicted octanol–water partition coefficient (Wildman–Crippen LogP) is 1.94. The lowest BCUT2D eigenvalue weighted by atomic mass is 10.0. The molecule has 1 fully saturated rings. The van der Waals surface area contributed by atoms with Gasteiger partial charge in [-0.15, -0.1) is 0 Å². The van der Waals surface area contributed by atoms with Crippen molar-refractivity contribution in [1.29, 1.82) is 0 Å². The molecular formula is C18H24N4O. The fourth-order valence-corrected chi connectivity index (χ4v) is 3.01. The number of hydrogen-bond acceptors (Lipinski definition) is 3. The summed E-state index contributed by atoms with van der Waals surface area (Å²) in [6, 6.07) is 8.33. The maximum absolute atomic E-state index is 12.0. The summed E-state index contributed by atoms with van der Waals surface area (Å²) in [5.41, 5.74) is 2.35. The average Bonchev–Trinajstić information content (AvgIpc) is 3.25. The fourth-order valence-electron chi connectivity index (χ4n) is 3.01.